The van der Waals surface area contributed by atoms with Gasteiger partial charge >= 0.3 is 5.97 Å². The highest BCUT2D eigenvalue weighted by Gasteiger charge is 2.53. The number of unbranched alkanes of at least 4 members (excludes halogenated alkanes) is 3. The number of carbonyl (C=O) groups excluding carboxylic acids is 1. The molecule has 6 rings (SSSR count). The summed E-state index contributed by atoms with van der Waals surface area (Å²) in [6, 6.07) is 27.7. The Bertz CT molecular complexity index is 1550. The second-order valence-electron chi connectivity index (χ2n) is 10.2. The Morgan fingerprint density at radius 2 is 1.56 bits per heavy atom. The van der Waals surface area contributed by atoms with Crippen LogP contribution in [0.25, 0.3) is 11.1 Å². The molecule has 1 atom stereocenters. The van der Waals surface area contributed by atoms with E-state index in [0.29, 0.717) is 22.1 Å². The molecule has 2 aliphatic rings. The molecule has 0 aliphatic carbocycles. The summed E-state index contributed by atoms with van der Waals surface area (Å²) >= 11 is 6.57. The summed E-state index contributed by atoms with van der Waals surface area (Å²) in [6.07, 6.45) is 4.86. The average molecular weight is 538 g/mol. The lowest BCUT2D eigenvalue weighted by molar-refractivity contribution is 0.0224. The minimum Gasteiger partial charge on any atom is -0.456 e. The van der Waals surface area contributed by atoms with Gasteiger partial charge in [0.15, 0.2) is 5.60 Å². The zero-order chi connectivity index (χ0) is 27.0. The maximum Gasteiger partial charge on any atom is 0.340 e. The van der Waals surface area contributed by atoms with Crippen molar-refractivity contribution in [2.45, 2.75) is 45.1 Å². The molecule has 0 N–H and O–H groups in total. The zero-order valence-corrected chi connectivity index (χ0v) is 23.1. The van der Waals surface area contributed by atoms with E-state index in [1.807, 2.05) is 60.7 Å². The largest absolute Gasteiger partial charge is 0.456 e. The molecule has 1 spiro atoms. The fraction of sp³-hybridized carbons (Fsp3) is 0.265. The van der Waals surface area contributed by atoms with Crippen LogP contribution in [-0.4, -0.2) is 19.1 Å². The van der Waals surface area contributed by atoms with Gasteiger partial charge in [0, 0.05) is 52.1 Å². The number of benzene rings is 4. The molecule has 39 heavy (non-hydrogen) atoms. The first-order valence-electron chi connectivity index (χ1n) is 13.9. The van der Waals surface area contributed by atoms with Gasteiger partial charge in [0.2, 0.25) is 0 Å². The highest BCUT2D eigenvalue weighted by molar-refractivity contribution is 6.33. The predicted molar refractivity (Wildman–Crippen MR) is 157 cm³/mol. The summed E-state index contributed by atoms with van der Waals surface area (Å²) in [5, 5.41) is 0.663. The molecular weight excluding hydrogens is 506 g/mol. The average Bonchev–Trinajstić information content (AvgIpc) is 3.26. The highest BCUT2D eigenvalue weighted by atomic mass is 35.5. The van der Waals surface area contributed by atoms with Gasteiger partial charge in [-0.15, -0.1) is 0 Å². The molecule has 4 aromatic rings. The van der Waals surface area contributed by atoms with Gasteiger partial charge in [0.25, 0.3) is 0 Å². The van der Waals surface area contributed by atoms with Gasteiger partial charge in [0.1, 0.15) is 11.5 Å². The minimum absolute atomic E-state index is 0.331. The summed E-state index contributed by atoms with van der Waals surface area (Å²) in [4.78, 5) is 15.7. The fourth-order valence-electron chi connectivity index (χ4n) is 5.92. The molecule has 0 aromatic heterocycles. The molecule has 0 saturated heterocycles. The van der Waals surface area contributed by atoms with Crippen LogP contribution in [0.3, 0.4) is 0 Å². The van der Waals surface area contributed by atoms with Crippen LogP contribution in [0.15, 0.2) is 84.9 Å². The topological polar surface area (TPSA) is 38.8 Å². The van der Waals surface area contributed by atoms with Gasteiger partial charge in [-0.2, -0.15) is 0 Å². The van der Waals surface area contributed by atoms with Gasteiger partial charge in [-0.3, -0.25) is 0 Å². The smallest absolute Gasteiger partial charge is 0.340 e. The number of halogens is 1. The van der Waals surface area contributed by atoms with Crippen molar-refractivity contribution >= 4 is 23.3 Å². The molecule has 0 amide bonds. The lowest BCUT2D eigenvalue weighted by atomic mass is 9.77. The van der Waals surface area contributed by atoms with E-state index < -0.39 is 5.60 Å². The van der Waals surface area contributed by atoms with Gasteiger partial charge in [0.05, 0.1) is 5.56 Å². The Hall–Kier alpha value is -3.76. The van der Waals surface area contributed by atoms with Crippen LogP contribution in [0.4, 0.5) is 5.69 Å². The number of hydrogen-bond acceptors (Lipinski definition) is 4. The van der Waals surface area contributed by atoms with Gasteiger partial charge in [-0.25, -0.2) is 4.79 Å². The SMILES string of the molecule is CCCCCCN(CC)c1ccc2c(c1)Oc1ccc(-c3ccccc3Cl)cc1C21OC(=O)c2ccccc21. The van der Waals surface area contributed by atoms with Gasteiger partial charge in [-0.1, -0.05) is 80.3 Å². The van der Waals surface area contributed by atoms with E-state index in [1.54, 1.807) is 0 Å². The van der Waals surface area contributed by atoms with Crippen LogP contribution >= 0.6 is 11.6 Å². The molecule has 0 bridgehead atoms. The summed E-state index contributed by atoms with van der Waals surface area (Å²) in [5.41, 5.74) is 4.89. The number of ether oxygens (including phenoxy) is 2. The van der Waals surface area contributed by atoms with Crippen molar-refractivity contribution in [2.24, 2.45) is 0 Å². The molecule has 4 nitrogen and oxygen atoms in total. The van der Waals surface area contributed by atoms with Crippen molar-refractivity contribution in [3.05, 3.63) is 112 Å². The summed E-state index contributed by atoms with van der Waals surface area (Å²) in [7, 11) is 0. The van der Waals surface area contributed by atoms with Crippen molar-refractivity contribution in [1.82, 2.24) is 0 Å². The first kappa shape index (κ1) is 25.5. The summed E-state index contributed by atoms with van der Waals surface area (Å²) < 4.78 is 13.0. The van der Waals surface area contributed by atoms with Crippen LogP contribution < -0.4 is 9.64 Å². The van der Waals surface area contributed by atoms with Crippen molar-refractivity contribution in [3.63, 3.8) is 0 Å². The van der Waals surface area contributed by atoms with Crippen LogP contribution in [0.2, 0.25) is 5.02 Å². The molecule has 0 radical (unpaired) electrons. The van der Waals surface area contributed by atoms with E-state index in [-0.39, 0.29) is 5.97 Å². The molecule has 198 valence electrons. The van der Waals surface area contributed by atoms with Crippen LogP contribution in [0.1, 0.15) is 66.6 Å². The maximum atomic E-state index is 13.3. The lowest BCUT2D eigenvalue weighted by Crippen LogP contribution is -2.33. The normalized spacial score (nSPS) is 16.7. The van der Waals surface area contributed by atoms with Crippen LogP contribution in [0, 0.1) is 0 Å². The second-order valence-corrected chi connectivity index (χ2v) is 10.6. The lowest BCUT2D eigenvalue weighted by Gasteiger charge is -2.37. The number of fused-ring (bicyclic) bond motifs is 6. The molecule has 0 fully saturated rings. The van der Waals surface area contributed by atoms with Crippen molar-refractivity contribution in [3.8, 4) is 22.6 Å². The minimum atomic E-state index is -1.11. The van der Waals surface area contributed by atoms with E-state index in [1.165, 1.54) is 19.3 Å². The number of nitrogens with zero attached hydrogens (tertiary/aromatic N) is 1. The van der Waals surface area contributed by atoms with E-state index in [2.05, 4.69) is 43.0 Å². The Kier molecular flexibility index (Phi) is 6.82. The molecule has 5 heteroatoms. The number of esters is 1. The van der Waals surface area contributed by atoms with Crippen LogP contribution in [-0.2, 0) is 10.3 Å². The van der Waals surface area contributed by atoms with E-state index in [9.17, 15) is 4.79 Å². The third kappa shape index (κ3) is 4.28. The third-order valence-corrected chi connectivity index (χ3v) is 8.24. The first-order valence-corrected chi connectivity index (χ1v) is 14.2. The number of anilines is 1. The summed E-state index contributed by atoms with van der Waals surface area (Å²) in [6.45, 7) is 6.32. The van der Waals surface area contributed by atoms with Gasteiger partial charge in [-0.05, 0) is 55.3 Å². The Labute approximate surface area is 235 Å². The zero-order valence-electron chi connectivity index (χ0n) is 22.4. The van der Waals surface area contributed by atoms with Crippen LogP contribution in [0.5, 0.6) is 11.5 Å². The fourth-order valence-corrected chi connectivity index (χ4v) is 6.16. The van der Waals surface area contributed by atoms with Crippen molar-refractivity contribution < 1.29 is 14.3 Å². The number of rotatable bonds is 8. The molecule has 1 unspecified atom stereocenters. The van der Waals surface area contributed by atoms with E-state index in [0.717, 1.165) is 53.0 Å². The predicted octanol–water partition coefficient (Wildman–Crippen LogP) is 8.98. The maximum absolute atomic E-state index is 13.3. The van der Waals surface area contributed by atoms with Crippen molar-refractivity contribution in [2.75, 3.05) is 18.0 Å². The third-order valence-electron chi connectivity index (χ3n) is 7.91. The quantitative estimate of drug-likeness (QED) is 0.166. The number of carbonyl (C=O) groups is 1. The molecule has 4 aromatic carbocycles. The Morgan fingerprint density at radius 1 is 0.769 bits per heavy atom. The molecule has 0 saturated carbocycles. The second kappa shape index (κ2) is 10.4. The van der Waals surface area contributed by atoms with Gasteiger partial charge < -0.3 is 14.4 Å². The Morgan fingerprint density at radius 3 is 2.36 bits per heavy atom. The standard InChI is InChI=1S/C34H32ClNO3/c1-3-5-6-11-20-36(4-2)24-17-18-28-32(22-24)38-31-19-16-23(25-12-8-10-15-30(25)35)21-29(31)34(28)27-14-9-7-13-26(27)33(37)39-34/h7-10,12-19,21-22H,3-6,11,20H2,1-2H3. The molecule has 2 aliphatic heterocycles. The Balaban J connectivity index is 1.50. The van der Waals surface area contributed by atoms with Crippen molar-refractivity contribution in [1.29, 1.82) is 0 Å². The molecule has 2 heterocycles. The monoisotopic (exact) mass is 537 g/mol. The molecular formula is C34H32ClNO3. The highest BCUT2D eigenvalue weighted by Crippen LogP contribution is 2.57. The number of hydrogen-bond donors (Lipinski definition) is 0. The summed E-state index contributed by atoms with van der Waals surface area (Å²) in [5.74, 6) is 1.05. The first-order chi connectivity index (χ1) is 19.1. The van der Waals surface area contributed by atoms with E-state index in [4.69, 9.17) is 21.1 Å². The van der Waals surface area contributed by atoms with E-state index >= 15 is 0 Å².